The molecule has 0 bridgehead atoms. The average Bonchev–Trinajstić information content (AvgIpc) is 2.67. The lowest BCUT2D eigenvalue weighted by molar-refractivity contribution is -0.131. The van der Waals surface area contributed by atoms with Crippen LogP contribution in [0.25, 0.3) is 0 Å². The zero-order valence-corrected chi connectivity index (χ0v) is 9.25. The van der Waals surface area contributed by atoms with Gasteiger partial charge in [-0.1, -0.05) is 5.21 Å². The monoisotopic (exact) mass is 226 g/mol. The van der Waals surface area contributed by atoms with Crippen molar-refractivity contribution in [3.8, 4) is 0 Å². The number of carboxylic acids is 1. The van der Waals surface area contributed by atoms with E-state index in [-0.39, 0.29) is 18.1 Å². The Morgan fingerprint density at radius 2 is 2.06 bits per heavy atom. The number of likely N-dealkylation sites (N-methyl/N-ethyl adjacent to an activating group) is 1. The Kier molecular flexibility index (Phi) is 3.98. The summed E-state index contributed by atoms with van der Waals surface area (Å²) in [6.45, 7) is 4.81. The SMILES string of the molecule is CCN(CC)C(=O)Cn1nncc1C(=O)O. The lowest BCUT2D eigenvalue weighted by atomic mass is 10.4. The Bertz CT molecular complexity index is 384. The van der Waals surface area contributed by atoms with Gasteiger partial charge in [-0.3, -0.25) is 4.79 Å². The van der Waals surface area contributed by atoms with Crippen LogP contribution < -0.4 is 0 Å². The molecule has 0 fully saturated rings. The third-order valence-corrected chi connectivity index (χ3v) is 2.24. The van der Waals surface area contributed by atoms with E-state index in [4.69, 9.17) is 5.11 Å². The molecule has 0 spiro atoms. The lowest BCUT2D eigenvalue weighted by Crippen LogP contribution is -2.34. The minimum Gasteiger partial charge on any atom is -0.476 e. The van der Waals surface area contributed by atoms with E-state index in [9.17, 15) is 9.59 Å². The molecule has 0 radical (unpaired) electrons. The molecule has 1 aromatic rings. The number of nitrogens with zero attached hydrogens (tertiary/aromatic N) is 4. The highest BCUT2D eigenvalue weighted by atomic mass is 16.4. The van der Waals surface area contributed by atoms with Crippen molar-refractivity contribution in [2.75, 3.05) is 13.1 Å². The van der Waals surface area contributed by atoms with Crippen molar-refractivity contribution in [1.29, 1.82) is 0 Å². The Balaban J connectivity index is 2.76. The lowest BCUT2D eigenvalue weighted by Gasteiger charge is -2.18. The molecule has 0 unspecified atom stereocenters. The van der Waals surface area contributed by atoms with Crippen molar-refractivity contribution in [3.63, 3.8) is 0 Å². The second-order valence-electron chi connectivity index (χ2n) is 3.15. The maximum absolute atomic E-state index is 11.7. The first-order valence-electron chi connectivity index (χ1n) is 4.99. The number of hydrogen-bond donors (Lipinski definition) is 1. The van der Waals surface area contributed by atoms with E-state index in [1.54, 1.807) is 4.90 Å². The first-order valence-corrected chi connectivity index (χ1v) is 4.99. The van der Waals surface area contributed by atoms with Crippen LogP contribution in [0.5, 0.6) is 0 Å². The zero-order chi connectivity index (χ0) is 12.1. The Hall–Kier alpha value is -1.92. The van der Waals surface area contributed by atoms with Crippen LogP contribution in [0.3, 0.4) is 0 Å². The summed E-state index contributed by atoms with van der Waals surface area (Å²) >= 11 is 0. The number of amides is 1. The molecular formula is C9H14N4O3. The third-order valence-electron chi connectivity index (χ3n) is 2.24. The van der Waals surface area contributed by atoms with Crippen molar-refractivity contribution in [3.05, 3.63) is 11.9 Å². The molecule has 0 aliphatic heterocycles. The summed E-state index contributed by atoms with van der Waals surface area (Å²) in [5.74, 6) is -1.31. The molecule has 16 heavy (non-hydrogen) atoms. The quantitative estimate of drug-likeness (QED) is 0.754. The minimum absolute atomic E-state index is 0.0829. The van der Waals surface area contributed by atoms with Crippen LogP contribution in [0.4, 0.5) is 0 Å². The van der Waals surface area contributed by atoms with Gasteiger partial charge >= 0.3 is 5.97 Å². The van der Waals surface area contributed by atoms with Crippen molar-refractivity contribution in [2.45, 2.75) is 20.4 Å². The predicted octanol–water partition coefficient (Wildman–Crippen LogP) is -0.155. The first kappa shape index (κ1) is 12.2. The van der Waals surface area contributed by atoms with Gasteiger partial charge in [-0.25, -0.2) is 9.48 Å². The Morgan fingerprint density at radius 1 is 1.44 bits per heavy atom. The summed E-state index contributed by atoms with van der Waals surface area (Å²) in [5.41, 5.74) is -0.0829. The van der Waals surface area contributed by atoms with Crippen LogP contribution in [-0.2, 0) is 11.3 Å². The molecule has 0 aliphatic rings. The van der Waals surface area contributed by atoms with Gasteiger partial charge in [0.15, 0.2) is 5.69 Å². The number of carboxylic acid groups (broad SMARTS) is 1. The standard InChI is InChI=1S/C9H14N4O3/c1-3-12(4-2)8(14)6-13-7(9(15)16)5-10-11-13/h5H,3-4,6H2,1-2H3,(H,15,16). The molecule has 7 nitrogen and oxygen atoms in total. The average molecular weight is 226 g/mol. The van der Waals surface area contributed by atoms with Gasteiger partial charge in [-0.15, -0.1) is 5.10 Å². The number of aromatic nitrogens is 3. The zero-order valence-electron chi connectivity index (χ0n) is 9.25. The molecule has 1 heterocycles. The molecule has 1 amide bonds. The number of aromatic carboxylic acids is 1. The molecule has 0 aromatic carbocycles. The number of carbonyl (C=O) groups excluding carboxylic acids is 1. The fraction of sp³-hybridized carbons (Fsp3) is 0.556. The van der Waals surface area contributed by atoms with Crippen LogP contribution >= 0.6 is 0 Å². The molecule has 0 saturated heterocycles. The molecule has 7 heteroatoms. The van der Waals surface area contributed by atoms with Crippen LogP contribution in [0, 0.1) is 0 Å². The maximum Gasteiger partial charge on any atom is 0.355 e. The number of carbonyl (C=O) groups is 2. The largest absolute Gasteiger partial charge is 0.476 e. The van der Waals surface area contributed by atoms with Crippen LogP contribution in [0.2, 0.25) is 0 Å². The summed E-state index contributed by atoms with van der Waals surface area (Å²) in [4.78, 5) is 24.0. The topological polar surface area (TPSA) is 88.3 Å². The van der Waals surface area contributed by atoms with Crippen molar-refractivity contribution in [2.24, 2.45) is 0 Å². The molecule has 88 valence electrons. The van der Waals surface area contributed by atoms with Gasteiger partial charge in [0.2, 0.25) is 5.91 Å². The molecule has 1 rings (SSSR count). The molecular weight excluding hydrogens is 212 g/mol. The van der Waals surface area contributed by atoms with Gasteiger partial charge < -0.3 is 10.0 Å². The van der Waals surface area contributed by atoms with Crippen molar-refractivity contribution in [1.82, 2.24) is 19.9 Å². The third kappa shape index (κ3) is 2.56. The molecule has 0 aliphatic carbocycles. The van der Waals surface area contributed by atoms with Gasteiger partial charge in [-0.05, 0) is 13.8 Å². The predicted molar refractivity (Wildman–Crippen MR) is 54.9 cm³/mol. The van der Waals surface area contributed by atoms with Gasteiger partial charge in [-0.2, -0.15) is 0 Å². The second-order valence-corrected chi connectivity index (χ2v) is 3.15. The van der Waals surface area contributed by atoms with Gasteiger partial charge in [0.1, 0.15) is 6.54 Å². The molecule has 0 atom stereocenters. The summed E-state index contributed by atoms with van der Waals surface area (Å²) in [6.07, 6.45) is 1.12. The second kappa shape index (κ2) is 5.24. The minimum atomic E-state index is -1.14. The highest BCUT2D eigenvalue weighted by Gasteiger charge is 2.16. The van der Waals surface area contributed by atoms with E-state index < -0.39 is 5.97 Å². The van der Waals surface area contributed by atoms with E-state index >= 15 is 0 Å². The Morgan fingerprint density at radius 3 is 2.56 bits per heavy atom. The number of rotatable bonds is 5. The van der Waals surface area contributed by atoms with Gasteiger partial charge in [0.05, 0.1) is 6.20 Å². The van der Waals surface area contributed by atoms with Crippen molar-refractivity contribution >= 4 is 11.9 Å². The van der Waals surface area contributed by atoms with Gasteiger partial charge in [0.25, 0.3) is 0 Å². The van der Waals surface area contributed by atoms with E-state index in [0.717, 1.165) is 10.9 Å². The van der Waals surface area contributed by atoms with Crippen LogP contribution in [0.1, 0.15) is 24.3 Å². The first-order chi connectivity index (χ1) is 7.60. The smallest absolute Gasteiger partial charge is 0.355 e. The number of hydrogen-bond acceptors (Lipinski definition) is 4. The highest BCUT2D eigenvalue weighted by Crippen LogP contribution is 1.98. The fourth-order valence-corrected chi connectivity index (χ4v) is 1.34. The van der Waals surface area contributed by atoms with E-state index in [1.165, 1.54) is 0 Å². The molecule has 1 aromatic heterocycles. The summed E-state index contributed by atoms with van der Waals surface area (Å²) in [7, 11) is 0. The van der Waals surface area contributed by atoms with Crippen LogP contribution in [-0.4, -0.2) is 50.0 Å². The van der Waals surface area contributed by atoms with Gasteiger partial charge in [0, 0.05) is 13.1 Å². The van der Waals surface area contributed by atoms with E-state index in [0.29, 0.717) is 13.1 Å². The van der Waals surface area contributed by atoms with Crippen LogP contribution in [0.15, 0.2) is 6.20 Å². The normalized spacial score (nSPS) is 10.1. The molecule has 1 N–H and O–H groups in total. The summed E-state index contributed by atoms with van der Waals surface area (Å²) in [5, 5.41) is 15.8. The Labute approximate surface area is 92.7 Å². The fourth-order valence-electron chi connectivity index (χ4n) is 1.34. The van der Waals surface area contributed by atoms with Crippen molar-refractivity contribution < 1.29 is 14.7 Å². The highest BCUT2D eigenvalue weighted by molar-refractivity contribution is 5.86. The summed E-state index contributed by atoms with van der Waals surface area (Å²) < 4.78 is 1.09. The molecule has 0 saturated carbocycles. The van der Waals surface area contributed by atoms with E-state index in [2.05, 4.69) is 10.3 Å². The maximum atomic E-state index is 11.7. The summed E-state index contributed by atoms with van der Waals surface area (Å²) in [6, 6.07) is 0. The van der Waals surface area contributed by atoms with E-state index in [1.807, 2.05) is 13.8 Å².